The molecule has 0 aromatic heterocycles. The van der Waals surface area contributed by atoms with Gasteiger partial charge >= 0.3 is 17.9 Å². The molecule has 1 aliphatic rings. The minimum atomic E-state index is -0.777. The van der Waals surface area contributed by atoms with Crippen LogP contribution in [-0.2, 0) is 33.3 Å². The molecule has 1 heterocycles. The van der Waals surface area contributed by atoms with Gasteiger partial charge in [0.05, 0.1) is 6.26 Å². The fraction of sp³-hybridized carbons (Fsp3) is 0.476. The smallest absolute Gasteiger partial charge is 0.307 e. The summed E-state index contributed by atoms with van der Waals surface area (Å²) >= 11 is 0. The standard InChI is InChI=1S/C21H26O7/c1-14(2)8-7-10-21(6)20(28-21)12-19(27-17(5)24)18(13-26-16(4)23)9-11-25-15(3)22/h8-9,11,13,19-20H,12H2,1-6H3/b11-9+,18-13-/t19-,20-,21-/m0/s1. The molecule has 28 heavy (non-hydrogen) atoms. The van der Waals surface area contributed by atoms with Gasteiger partial charge in [0.25, 0.3) is 0 Å². The van der Waals surface area contributed by atoms with Crippen molar-refractivity contribution in [1.29, 1.82) is 0 Å². The van der Waals surface area contributed by atoms with Crippen LogP contribution in [0, 0.1) is 11.8 Å². The van der Waals surface area contributed by atoms with Crippen molar-refractivity contribution in [3.8, 4) is 11.8 Å². The Morgan fingerprint density at radius 1 is 1.07 bits per heavy atom. The van der Waals surface area contributed by atoms with Gasteiger partial charge < -0.3 is 18.9 Å². The van der Waals surface area contributed by atoms with Crippen LogP contribution in [0.3, 0.4) is 0 Å². The number of ether oxygens (including phenoxy) is 4. The van der Waals surface area contributed by atoms with Crippen molar-refractivity contribution in [3.63, 3.8) is 0 Å². The van der Waals surface area contributed by atoms with Gasteiger partial charge in [-0.15, -0.1) is 0 Å². The van der Waals surface area contributed by atoms with E-state index in [1.54, 1.807) is 6.08 Å². The summed E-state index contributed by atoms with van der Waals surface area (Å²) in [6.45, 7) is 9.50. The zero-order valence-corrected chi connectivity index (χ0v) is 17.0. The van der Waals surface area contributed by atoms with Gasteiger partial charge in [0, 0.05) is 32.8 Å². The molecule has 0 radical (unpaired) electrons. The van der Waals surface area contributed by atoms with Crippen molar-refractivity contribution in [2.75, 3.05) is 0 Å². The minimum absolute atomic E-state index is 0.280. The Balaban J connectivity index is 3.00. The van der Waals surface area contributed by atoms with Crippen LogP contribution in [0.25, 0.3) is 0 Å². The number of carbonyl (C=O) groups is 3. The summed E-state index contributed by atoms with van der Waals surface area (Å²) in [6.07, 6.45) is 4.71. The Morgan fingerprint density at radius 3 is 2.25 bits per heavy atom. The Kier molecular flexibility index (Phi) is 8.68. The van der Waals surface area contributed by atoms with Gasteiger partial charge in [0.1, 0.15) is 18.5 Å². The molecule has 3 atom stereocenters. The van der Waals surface area contributed by atoms with Gasteiger partial charge in [0.15, 0.2) is 5.60 Å². The van der Waals surface area contributed by atoms with E-state index in [-0.39, 0.29) is 12.5 Å². The molecule has 0 spiro atoms. The summed E-state index contributed by atoms with van der Waals surface area (Å²) in [5, 5.41) is 0. The third kappa shape index (κ3) is 8.69. The second kappa shape index (κ2) is 10.5. The normalized spacial score (nSPS) is 21.8. The molecule has 0 amide bonds. The van der Waals surface area contributed by atoms with Crippen molar-refractivity contribution < 1.29 is 33.3 Å². The maximum Gasteiger partial charge on any atom is 0.307 e. The Morgan fingerprint density at radius 2 is 1.71 bits per heavy atom. The lowest BCUT2D eigenvalue weighted by Gasteiger charge is -2.17. The number of hydrogen-bond donors (Lipinski definition) is 0. The summed E-state index contributed by atoms with van der Waals surface area (Å²) < 4.78 is 20.7. The van der Waals surface area contributed by atoms with Crippen molar-refractivity contribution in [3.05, 3.63) is 35.8 Å². The minimum Gasteiger partial charge on any atom is -0.457 e. The highest BCUT2D eigenvalue weighted by atomic mass is 16.6. The molecular formula is C21H26O7. The first kappa shape index (κ1) is 23.2. The van der Waals surface area contributed by atoms with Gasteiger partial charge in [-0.3, -0.25) is 14.4 Å². The highest BCUT2D eigenvalue weighted by Gasteiger charge is 2.52. The molecule has 0 saturated carbocycles. The summed E-state index contributed by atoms with van der Waals surface area (Å²) in [4.78, 5) is 33.7. The van der Waals surface area contributed by atoms with Gasteiger partial charge in [-0.2, -0.15) is 0 Å². The third-order valence-electron chi connectivity index (χ3n) is 3.59. The van der Waals surface area contributed by atoms with Crippen molar-refractivity contribution >= 4 is 17.9 Å². The number of allylic oxidation sites excluding steroid dienone is 2. The van der Waals surface area contributed by atoms with E-state index in [2.05, 4.69) is 11.8 Å². The molecule has 7 heteroatoms. The van der Waals surface area contributed by atoms with Gasteiger partial charge in [-0.05, 0) is 32.9 Å². The number of esters is 3. The predicted molar refractivity (Wildman–Crippen MR) is 101 cm³/mol. The zero-order valence-electron chi connectivity index (χ0n) is 17.0. The molecule has 1 rings (SSSR count). The molecule has 0 unspecified atom stereocenters. The second-order valence-corrected chi connectivity index (χ2v) is 6.68. The van der Waals surface area contributed by atoms with Crippen molar-refractivity contribution in [2.24, 2.45) is 0 Å². The molecule has 1 saturated heterocycles. The molecule has 152 valence electrons. The van der Waals surface area contributed by atoms with Crippen LogP contribution in [-0.4, -0.2) is 35.7 Å². The average molecular weight is 390 g/mol. The largest absolute Gasteiger partial charge is 0.457 e. The Labute approximate surface area is 165 Å². The highest BCUT2D eigenvalue weighted by Crippen LogP contribution is 2.40. The van der Waals surface area contributed by atoms with E-state index >= 15 is 0 Å². The first-order valence-corrected chi connectivity index (χ1v) is 8.75. The van der Waals surface area contributed by atoms with E-state index < -0.39 is 29.6 Å². The van der Waals surface area contributed by atoms with E-state index in [1.165, 1.54) is 26.8 Å². The molecule has 0 bridgehead atoms. The maximum atomic E-state index is 11.5. The highest BCUT2D eigenvalue weighted by molar-refractivity contribution is 5.68. The third-order valence-corrected chi connectivity index (χ3v) is 3.59. The molecule has 1 aliphatic heterocycles. The molecule has 7 nitrogen and oxygen atoms in total. The lowest BCUT2D eigenvalue weighted by Crippen LogP contribution is -2.23. The molecule has 0 aromatic rings. The van der Waals surface area contributed by atoms with Gasteiger partial charge in [-0.1, -0.05) is 17.4 Å². The fourth-order valence-corrected chi connectivity index (χ4v) is 2.20. The fourth-order valence-electron chi connectivity index (χ4n) is 2.20. The van der Waals surface area contributed by atoms with Crippen LogP contribution in [0.4, 0.5) is 0 Å². The number of rotatable bonds is 7. The monoisotopic (exact) mass is 390 g/mol. The first-order valence-electron chi connectivity index (χ1n) is 8.75. The van der Waals surface area contributed by atoms with E-state index in [0.717, 1.165) is 18.1 Å². The molecule has 0 N–H and O–H groups in total. The molecule has 0 aliphatic carbocycles. The topological polar surface area (TPSA) is 91.4 Å². The first-order chi connectivity index (χ1) is 13.0. The number of hydrogen-bond acceptors (Lipinski definition) is 7. The quantitative estimate of drug-likeness (QED) is 0.165. The summed E-state index contributed by atoms with van der Waals surface area (Å²) in [7, 11) is 0. The van der Waals surface area contributed by atoms with E-state index in [1.807, 2.05) is 20.8 Å². The SMILES string of the molecule is CC(=O)O/C=C(/C=C/OC(C)=O)[C@H](C[C@@H]1O[C@@]1(C)C#CC=C(C)C)OC(C)=O. The van der Waals surface area contributed by atoms with Crippen LogP contribution in [0.5, 0.6) is 0 Å². The van der Waals surface area contributed by atoms with Crippen LogP contribution in [0.2, 0.25) is 0 Å². The molecular weight excluding hydrogens is 364 g/mol. The Hall–Kier alpha value is -2.85. The lowest BCUT2D eigenvalue weighted by atomic mass is 9.99. The van der Waals surface area contributed by atoms with Crippen molar-refractivity contribution in [1.82, 2.24) is 0 Å². The van der Waals surface area contributed by atoms with Crippen LogP contribution in [0.15, 0.2) is 35.8 Å². The van der Waals surface area contributed by atoms with Gasteiger partial charge in [0.2, 0.25) is 0 Å². The Bertz CT molecular complexity index is 759. The van der Waals surface area contributed by atoms with Gasteiger partial charge in [-0.25, -0.2) is 0 Å². The molecule has 0 aromatic carbocycles. The second-order valence-electron chi connectivity index (χ2n) is 6.68. The number of carbonyl (C=O) groups excluding carboxylic acids is 3. The number of epoxide rings is 1. The zero-order chi connectivity index (χ0) is 21.3. The summed E-state index contributed by atoms with van der Waals surface area (Å²) in [5.41, 5.74) is 0.756. The lowest BCUT2D eigenvalue weighted by molar-refractivity contribution is -0.145. The van der Waals surface area contributed by atoms with E-state index in [4.69, 9.17) is 18.9 Å². The van der Waals surface area contributed by atoms with E-state index in [9.17, 15) is 14.4 Å². The van der Waals surface area contributed by atoms with Crippen molar-refractivity contribution in [2.45, 2.75) is 65.8 Å². The van der Waals surface area contributed by atoms with Crippen LogP contribution in [0.1, 0.15) is 48.0 Å². The predicted octanol–water partition coefficient (Wildman–Crippen LogP) is 2.96. The average Bonchev–Trinajstić information content (AvgIpc) is 3.18. The summed E-state index contributed by atoms with van der Waals surface area (Å²) in [6, 6.07) is 0. The van der Waals surface area contributed by atoms with E-state index in [0.29, 0.717) is 5.57 Å². The van der Waals surface area contributed by atoms with Crippen LogP contribution < -0.4 is 0 Å². The molecule has 1 fully saturated rings. The maximum absolute atomic E-state index is 11.5. The van der Waals surface area contributed by atoms with Crippen LogP contribution >= 0.6 is 0 Å². The summed E-state index contributed by atoms with van der Waals surface area (Å²) in [5.74, 6) is 4.41.